The Balaban J connectivity index is 1.54. The van der Waals surface area contributed by atoms with E-state index in [4.69, 9.17) is 25.6 Å². The zero-order valence-electron chi connectivity index (χ0n) is 16.4. The number of para-hydroxylation sites is 1. The Morgan fingerprint density at radius 1 is 1.03 bits per heavy atom. The van der Waals surface area contributed by atoms with E-state index in [9.17, 15) is 4.79 Å². The summed E-state index contributed by atoms with van der Waals surface area (Å²) in [5.74, 6) is 0.397. The van der Waals surface area contributed by atoms with Gasteiger partial charge < -0.3 is 20.6 Å². The zero-order valence-corrected chi connectivity index (χ0v) is 16.4. The van der Waals surface area contributed by atoms with Gasteiger partial charge in [0.05, 0.1) is 23.0 Å². The molecule has 5 rings (SSSR count). The van der Waals surface area contributed by atoms with Crippen LogP contribution in [0.5, 0.6) is 0 Å². The van der Waals surface area contributed by atoms with Gasteiger partial charge in [-0.15, -0.1) is 0 Å². The number of anilines is 2. The molecule has 0 aliphatic heterocycles. The van der Waals surface area contributed by atoms with E-state index in [1.165, 1.54) is 0 Å². The van der Waals surface area contributed by atoms with E-state index in [0.717, 1.165) is 34.4 Å². The lowest BCUT2D eigenvalue weighted by molar-refractivity contribution is 0.0463. The van der Waals surface area contributed by atoms with Gasteiger partial charge >= 0.3 is 5.97 Å². The van der Waals surface area contributed by atoms with E-state index in [-0.39, 0.29) is 24.3 Å². The average Bonchev–Trinajstić information content (AvgIpc) is 3.40. The van der Waals surface area contributed by atoms with Crippen LogP contribution in [0.15, 0.2) is 47.1 Å². The second kappa shape index (κ2) is 7.52. The van der Waals surface area contributed by atoms with Crippen LogP contribution >= 0.6 is 0 Å². The van der Waals surface area contributed by atoms with Gasteiger partial charge in [-0.2, -0.15) is 15.0 Å². The number of nitrogens with zero attached hydrogens (tertiary/aromatic N) is 4. The number of pyridine rings is 1. The molecule has 0 fully saturated rings. The number of benzene rings is 1. The van der Waals surface area contributed by atoms with Gasteiger partial charge in [0, 0.05) is 5.39 Å². The van der Waals surface area contributed by atoms with E-state index in [1.54, 1.807) is 6.26 Å². The minimum atomic E-state index is -0.480. The molecule has 0 amide bonds. The number of hydrogen-bond acceptors (Lipinski definition) is 9. The Morgan fingerprint density at radius 2 is 1.84 bits per heavy atom. The highest BCUT2D eigenvalue weighted by Gasteiger charge is 2.28. The second-order valence-electron chi connectivity index (χ2n) is 7.06. The van der Waals surface area contributed by atoms with Crippen LogP contribution in [0, 0.1) is 0 Å². The SMILES string of the molecule is Nc1nc(N)nc(COC(=O)c2c3c(nc4ccccc24)/C(=C/c2ccco2)CC3)n1. The molecule has 0 unspecified atom stereocenters. The van der Waals surface area contributed by atoms with Gasteiger partial charge in [-0.25, -0.2) is 9.78 Å². The van der Waals surface area contributed by atoms with Crippen molar-refractivity contribution in [2.75, 3.05) is 11.5 Å². The highest BCUT2D eigenvalue weighted by Crippen LogP contribution is 2.37. The summed E-state index contributed by atoms with van der Waals surface area (Å²) in [6, 6.07) is 11.2. The molecule has 0 bridgehead atoms. The smallest absolute Gasteiger partial charge is 0.339 e. The number of carbonyl (C=O) groups excluding carboxylic acids is 1. The van der Waals surface area contributed by atoms with Crippen LogP contribution in [0.4, 0.5) is 11.9 Å². The van der Waals surface area contributed by atoms with Crippen molar-refractivity contribution in [2.45, 2.75) is 19.4 Å². The molecule has 3 heterocycles. The summed E-state index contributed by atoms with van der Waals surface area (Å²) in [7, 11) is 0. The third kappa shape index (κ3) is 3.57. The Labute approximate surface area is 176 Å². The lowest BCUT2D eigenvalue weighted by atomic mass is 10.0. The summed E-state index contributed by atoms with van der Waals surface area (Å²) in [5, 5.41) is 0.736. The predicted molar refractivity (Wildman–Crippen MR) is 114 cm³/mol. The Bertz CT molecular complexity index is 1310. The lowest BCUT2D eigenvalue weighted by Crippen LogP contribution is -2.13. The number of nitrogens with two attached hydrogens (primary N) is 2. The second-order valence-corrected chi connectivity index (χ2v) is 7.06. The van der Waals surface area contributed by atoms with Gasteiger partial charge in [-0.05, 0) is 48.3 Å². The largest absolute Gasteiger partial charge is 0.465 e. The number of esters is 1. The van der Waals surface area contributed by atoms with Crippen molar-refractivity contribution in [3.05, 3.63) is 71.1 Å². The number of hydrogen-bond donors (Lipinski definition) is 2. The minimum absolute atomic E-state index is 0.0264. The molecular formula is C22H18N6O3. The minimum Gasteiger partial charge on any atom is -0.465 e. The molecule has 154 valence electrons. The summed E-state index contributed by atoms with van der Waals surface area (Å²) in [6.45, 7) is -0.170. The number of aromatic nitrogens is 4. The summed E-state index contributed by atoms with van der Waals surface area (Å²) in [4.78, 5) is 29.6. The van der Waals surface area contributed by atoms with Crippen LogP contribution in [0.25, 0.3) is 22.6 Å². The Morgan fingerprint density at radius 3 is 2.61 bits per heavy atom. The predicted octanol–water partition coefficient (Wildman–Crippen LogP) is 3.02. The fraction of sp³-hybridized carbons (Fsp3) is 0.136. The molecule has 1 aliphatic carbocycles. The van der Waals surface area contributed by atoms with Crippen LogP contribution in [0.2, 0.25) is 0 Å². The highest BCUT2D eigenvalue weighted by atomic mass is 16.5. The van der Waals surface area contributed by atoms with Crippen molar-refractivity contribution in [2.24, 2.45) is 0 Å². The van der Waals surface area contributed by atoms with Gasteiger partial charge in [-0.3, -0.25) is 0 Å². The summed E-state index contributed by atoms with van der Waals surface area (Å²) in [5.41, 5.74) is 15.1. The van der Waals surface area contributed by atoms with Gasteiger partial charge in [0.25, 0.3) is 0 Å². The molecule has 0 radical (unpaired) electrons. The van der Waals surface area contributed by atoms with Crippen LogP contribution in [-0.2, 0) is 17.8 Å². The van der Waals surface area contributed by atoms with E-state index >= 15 is 0 Å². The third-order valence-corrected chi connectivity index (χ3v) is 5.05. The molecule has 3 aromatic heterocycles. The maximum absolute atomic E-state index is 13.2. The number of rotatable bonds is 4. The third-order valence-electron chi connectivity index (χ3n) is 5.05. The highest BCUT2D eigenvalue weighted by molar-refractivity contribution is 6.07. The van der Waals surface area contributed by atoms with Gasteiger partial charge in [0.2, 0.25) is 11.9 Å². The molecule has 4 aromatic rings. The van der Waals surface area contributed by atoms with Crippen LogP contribution in [0.1, 0.15) is 39.6 Å². The molecule has 0 saturated heterocycles. The molecule has 0 spiro atoms. The fourth-order valence-corrected chi connectivity index (χ4v) is 3.78. The molecule has 0 saturated carbocycles. The van der Waals surface area contributed by atoms with Crippen molar-refractivity contribution >= 4 is 40.4 Å². The molecule has 1 aromatic carbocycles. The standard InChI is InChI=1S/C22H18N6O3/c23-21-26-17(27-22(24)28-21)11-31-20(29)18-14-5-1-2-6-16(14)25-19-12(7-8-15(18)19)10-13-4-3-9-30-13/h1-6,9-10H,7-8,11H2,(H4,23,24,26,27,28)/b12-10+. The summed E-state index contributed by atoms with van der Waals surface area (Å²) >= 11 is 0. The first-order chi connectivity index (χ1) is 15.1. The first-order valence-electron chi connectivity index (χ1n) is 9.67. The summed E-state index contributed by atoms with van der Waals surface area (Å²) in [6.07, 6.45) is 5.01. The molecule has 9 heteroatoms. The van der Waals surface area contributed by atoms with Crippen molar-refractivity contribution in [1.29, 1.82) is 0 Å². The number of nitrogen functional groups attached to an aromatic ring is 2. The van der Waals surface area contributed by atoms with Crippen molar-refractivity contribution in [3.63, 3.8) is 0 Å². The molecule has 9 nitrogen and oxygen atoms in total. The van der Waals surface area contributed by atoms with Crippen molar-refractivity contribution in [3.8, 4) is 0 Å². The Kier molecular flexibility index (Phi) is 4.55. The zero-order chi connectivity index (χ0) is 21.4. The molecule has 4 N–H and O–H groups in total. The maximum Gasteiger partial charge on any atom is 0.339 e. The number of furan rings is 1. The molecule has 1 aliphatic rings. The monoisotopic (exact) mass is 414 g/mol. The van der Waals surface area contributed by atoms with Crippen molar-refractivity contribution < 1.29 is 13.9 Å². The van der Waals surface area contributed by atoms with Crippen molar-refractivity contribution in [1.82, 2.24) is 19.9 Å². The number of ether oxygens (including phenoxy) is 1. The van der Waals surface area contributed by atoms with Crippen LogP contribution < -0.4 is 11.5 Å². The van der Waals surface area contributed by atoms with Gasteiger partial charge in [-0.1, -0.05) is 18.2 Å². The number of carbonyl (C=O) groups is 1. The van der Waals surface area contributed by atoms with Crippen LogP contribution in [-0.4, -0.2) is 25.9 Å². The first-order valence-corrected chi connectivity index (χ1v) is 9.67. The van der Waals surface area contributed by atoms with Gasteiger partial charge in [0.15, 0.2) is 12.4 Å². The van der Waals surface area contributed by atoms with Gasteiger partial charge in [0.1, 0.15) is 5.76 Å². The molecular weight excluding hydrogens is 396 g/mol. The molecule has 0 atom stereocenters. The average molecular weight is 414 g/mol. The van der Waals surface area contributed by atoms with E-state index in [0.29, 0.717) is 17.5 Å². The van der Waals surface area contributed by atoms with E-state index in [1.807, 2.05) is 42.5 Å². The molecule has 31 heavy (non-hydrogen) atoms. The number of allylic oxidation sites excluding steroid dienone is 1. The fourth-order valence-electron chi connectivity index (χ4n) is 3.78. The maximum atomic E-state index is 13.2. The normalized spacial score (nSPS) is 14.1. The van der Waals surface area contributed by atoms with Crippen LogP contribution in [0.3, 0.4) is 0 Å². The van der Waals surface area contributed by atoms with E-state index in [2.05, 4.69) is 15.0 Å². The quantitative estimate of drug-likeness (QED) is 0.482. The lowest BCUT2D eigenvalue weighted by Gasteiger charge is -2.12. The number of fused-ring (bicyclic) bond motifs is 2. The Hall–Kier alpha value is -4.27. The summed E-state index contributed by atoms with van der Waals surface area (Å²) < 4.78 is 11.0. The first kappa shape index (κ1) is 18.7. The topological polar surface area (TPSA) is 143 Å². The van der Waals surface area contributed by atoms with E-state index < -0.39 is 5.97 Å².